The van der Waals surface area contributed by atoms with E-state index in [1.165, 1.54) is 12.1 Å². The number of ether oxygens (including phenoxy) is 1. The minimum Gasteiger partial charge on any atom is -0.449 e. The molecule has 4 N–H and O–H groups in total. The van der Waals surface area contributed by atoms with Crippen LogP contribution in [0.5, 0.6) is 0 Å². The van der Waals surface area contributed by atoms with E-state index in [1.54, 1.807) is 24.3 Å². The minimum atomic E-state index is -0.513. The van der Waals surface area contributed by atoms with Gasteiger partial charge in [-0.3, -0.25) is 5.32 Å². The van der Waals surface area contributed by atoms with Crippen molar-refractivity contribution < 1.29 is 13.9 Å². The van der Waals surface area contributed by atoms with Gasteiger partial charge in [0, 0.05) is 0 Å². The number of benzene rings is 2. The van der Waals surface area contributed by atoms with Crippen LogP contribution >= 0.6 is 0 Å². The Hall–Kier alpha value is -2.60. The fourth-order valence-electron chi connectivity index (χ4n) is 2.87. The van der Waals surface area contributed by atoms with Crippen molar-refractivity contribution in [3.8, 4) is 11.1 Å². The van der Waals surface area contributed by atoms with Gasteiger partial charge in [0.2, 0.25) is 0 Å². The maximum Gasteiger partial charge on any atom is 0.411 e. The van der Waals surface area contributed by atoms with Crippen molar-refractivity contribution in [1.82, 2.24) is 5.32 Å². The summed E-state index contributed by atoms with van der Waals surface area (Å²) in [5, 5.41) is 5.97. The van der Waals surface area contributed by atoms with E-state index in [0.717, 1.165) is 37.1 Å². The molecule has 3 rings (SSSR count). The van der Waals surface area contributed by atoms with E-state index in [2.05, 4.69) is 10.6 Å². The van der Waals surface area contributed by atoms with E-state index in [-0.39, 0.29) is 5.82 Å². The van der Waals surface area contributed by atoms with Crippen LogP contribution in [0.15, 0.2) is 42.5 Å². The average Bonchev–Trinajstić information content (AvgIpc) is 2.63. The van der Waals surface area contributed by atoms with Crippen molar-refractivity contribution in [1.29, 1.82) is 0 Å². The first-order chi connectivity index (χ1) is 12.1. The van der Waals surface area contributed by atoms with E-state index in [0.29, 0.717) is 23.9 Å². The Bertz CT molecular complexity index is 728. The second-order valence-corrected chi connectivity index (χ2v) is 6.23. The third-order valence-electron chi connectivity index (χ3n) is 4.38. The topological polar surface area (TPSA) is 76.4 Å². The lowest BCUT2D eigenvalue weighted by Crippen LogP contribution is -2.31. The monoisotopic (exact) mass is 343 g/mol. The number of piperidine rings is 1. The van der Waals surface area contributed by atoms with E-state index >= 15 is 0 Å². The number of rotatable bonds is 4. The molecule has 2 aromatic carbocycles. The molecule has 0 bridgehead atoms. The molecule has 6 heteroatoms. The molecular weight excluding hydrogens is 321 g/mol. The largest absolute Gasteiger partial charge is 0.449 e. The number of amides is 1. The molecule has 0 aromatic heterocycles. The Kier molecular flexibility index (Phi) is 5.50. The Balaban J connectivity index is 1.63. The van der Waals surface area contributed by atoms with Gasteiger partial charge in [-0.15, -0.1) is 0 Å². The number of anilines is 2. The lowest BCUT2D eigenvalue weighted by molar-refractivity contribution is 0.131. The zero-order chi connectivity index (χ0) is 17.6. The Morgan fingerprint density at radius 1 is 1.16 bits per heavy atom. The van der Waals surface area contributed by atoms with Gasteiger partial charge < -0.3 is 15.8 Å². The summed E-state index contributed by atoms with van der Waals surface area (Å²) in [5.41, 5.74) is 8.55. The molecule has 1 aliphatic rings. The first kappa shape index (κ1) is 17.2. The van der Waals surface area contributed by atoms with Gasteiger partial charge in [0.1, 0.15) is 5.82 Å². The third kappa shape index (κ3) is 4.70. The van der Waals surface area contributed by atoms with Crippen LogP contribution in [0, 0.1) is 11.7 Å². The summed E-state index contributed by atoms with van der Waals surface area (Å²) in [6.45, 7) is 2.33. The maximum absolute atomic E-state index is 13.1. The quantitative estimate of drug-likeness (QED) is 0.741. The van der Waals surface area contributed by atoms with Gasteiger partial charge in [-0.05, 0) is 67.2 Å². The highest BCUT2D eigenvalue weighted by molar-refractivity contribution is 5.90. The summed E-state index contributed by atoms with van der Waals surface area (Å²) < 4.78 is 18.4. The van der Waals surface area contributed by atoms with Crippen LogP contribution in [-0.2, 0) is 4.74 Å². The number of carbonyl (C=O) groups is 1. The Morgan fingerprint density at radius 2 is 1.84 bits per heavy atom. The van der Waals surface area contributed by atoms with Crippen molar-refractivity contribution in [2.45, 2.75) is 12.8 Å². The highest BCUT2D eigenvalue weighted by Crippen LogP contribution is 2.27. The number of carbonyl (C=O) groups excluding carboxylic acids is 1. The predicted molar refractivity (Wildman–Crippen MR) is 96.8 cm³/mol. The molecule has 0 aliphatic carbocycles. The van der Waals surface area contributed by atoms with Crippen LogP contribution in [0.1, 0.15) is 12.8 Å². The van der Waals surface area contributed by atoms with Crippen LogP contribution in [-0.4, -0.2) is 25.8 Å². The third-order valence-corrected chi connectivity index (χ3v) is 4.38. The van der Waals surface area contributed by atoms with Crippen molar-refractivity contribution in [2.24, 2.45) is 5.92 Å². The van der Waals surface area contributed by atoms with Gasteiger partial charge in [0.15, 0.2) is 0 Å². The predicted octanol–water partition coefficient (Wildman–Crippen LogP) is 3.62. The van der Waals surface area contributed by atoms with Gasteiger partial charge in [-0.1, -0.05) is 18.2 Å². The van der Waals surface area contributed by atoms with Crippen molar-refractivity contribution in [3.63, 3.8) is 0 Å². The minimum absolute atomic E-state index is 0.293. The Labute approximate surface area is 146 Å². The molecule has 1 aliphatic heterocycles. The molecular formula is C19H22FN3O2. The molecule has 0 spiro atoms. The van der Waals surface area contributed by atoms with Crippen LogP contribution < -0.4 is 16.4 Å². The summed E-state index contributed by atoms with van der Waals surface area (Å²) in [4.78, 5) is 12.0. The van der Waals surface area contributed by atoms with Gasteiger partial charge in [0.05, 0.1) is 18.0 Å². The summed E-state index contributed by atoms with van der Waals surface area (Å²) >= 11 is 0. The second kappa shape index (κ2) is 7.98. The molecule has 0 saturated carbocycles. The maximum atomic E-state index is 13.1. The molecule has 0 unspecified atom stereocenters. The number of nitrogen functional groups attached to an aromatic ring is 1. The summed E-state index contributed by atoms with van der Waals surface area (Å²) in [6.07, 6.45) is 1.51. The molecule has 0 atom stereocenters. The normalized spacial score (nSPS) is 14.9. The molecule has 25 heavy (non-hydrogen) atoms. The molecule has 132 valence electrons. The van der Waals surface area contributed by atoms with Gasteiger partial charge in [-0.25, -0.2) is 9.18 Å². The van der Waals surface area contributed by atoms with Crippen molar-refractivity contribution in [3.05, 3.63) is 48.3 Å². The summed E-state index contributed by atoms with van der Waals surface area (Å²) in [7, 11) is 0. The van der Waals surface area contributed by atoms with Gasteiger partial charge >= 0.3 is 6.09 Å². The van der Waals surface area contributed by atoms with Gasteiger partial charge in [0.25, 0.3) is 0 Å². The highest BCUT2D eigenvalue weighted by Gasteiger charge is 2.16. The average molecular weight is 343 g/mol. The first-order valence-corrected chi connectivity index (χ1v) is 8.42. The summed E-state index contributed by atoms with van der Waals surface area (Å²) in [5.74, 6) is 0.105. The molecule has 1 saturated heterocycles. The SMILES string of the molecule is Nc1ccc(-c2ccc(F)cc2)cc1NC(=O)OCC1CCNCC1. The van der Waals surface area contributed by atoms with Gasteiger partial charge in [-0.2, -0.15) is 0 Å². The lowest BCUT2D eigenvalue weighted by atomic mass is 9.99. The number of nitrogens with one attached hydrogen (secondary N) is 2. The summed E-state index contributed by atoms with van der Waals surface area (Å²) in [6, 6.07) is 11.4. The number of hydrogen-bond acceptors (Lipinski definition) is 4. The number of hydrogen-bond donors (Lipinski definition) is 3. The van der Waals surface area contributed by atoms with Crippen molar-refractivity contribution in [2.75, 3.05) is 30.7 Å². The number of nitrogens with two attached hydrogens (primary N) is 1. The van der Waals surface area contributed by atoms with Crippen LogP contribution in [0.4, 0.5) is 20.6 Å². The zero-order valence-electron chi connectivity index (χ0n) is 13.9. The van der Waals surface area contributed by atoms with E-state index in [1.807, 2.05) is 6.07 Å². The molecule has 0 radical (unpaired) electrons. The molecule has 5 nitrogen and oxygen atoms in total. The smallest absolute Gasteiger partial charge is 0.411 e. The standard InChI is InChI=1S/C19H22FN3O2/c20-16-4-1-14(2-5-16)15-3-6-17(21)18(11-15)23-19(24)25-12-13-7-9-22-10-8-13/h1-6,11,13,22H,7-10,12,21H2,(H,23,24). The molecule has 1 fully saturated rings. The van der Waals surface area contributed by atoms with Crippen molar-refractivity contribution >= 4 is 17.5 Å². The second-order valence-electron chi connectivity index (χ2n) is 6.23. The van der Waals surface area contributed by atoms with E-state index in [4.69, 9.17) is 10.5 Å². The molecule has 2 aromatic rings. The zero-order valence-corrected chi connectivity index (χ0v) is 13.9. The van der Waals surface area contributed by atoms with Crippen LogP contribution in [0.2, 0.25) is 0 Å². The van der Waals surface area contributed by atoms with Crippen LogP contribution in [0.25, 0.3) is 11.1 Å². The Morgan fingerprint density at radius 3 is 2.56 bits per heavy atom. The van der Waals surface area contributed by atoms with Crippen LogP contribution in [0.3, 0.4) is 0 Å². The fraction of sp³-hybridized carbons (Fsp3) is 0.316. The van der Waals surface area contributed by atoms with E-state index < -0.39 is 6.09 Å². The molecule has 1 heterocycles. The first-order valence-electron chi connectivity index (χ1n) is 8.42. The lowest BCUT2D eigenvalue weighted by Gasteiger charge is -2.22. The number of halogens is 1. The fourth-order valence-corrected chi connectivity index (χ4v) is 2.87. The molecule has 1 amide bonds. The highest BCUT2D eigenvalue weighted by atomic mass is 19.1. The van der Waals surface area contributed by atoms with E-state index in [9.17, 15) is 9.18 Å².